The molecule has 1 saturated heterocycles. The lowest BCUT2D eigenvalue weighted by molar-refractivity contribution is 0.372. The Hall–Kier alpha value is -3.05. The van der Waals surface area contributed by atoms with Crippen LogP contribution in [0, 0.1) is 12.7 Å². The van der Waals surface area contributed by atoms with Crippen LogP contribution >= 0.6 is 0 Å². The van der Waals surface area contributed by atoms with Gasteiger partial charge in [-0.3, -0.25) is 0 Å². The first kappa shape index (κ1) is 20.2. The van der Waals surface area contributed by atoms with Crippen LogP contribution < -0.4 is 9.64 Å². The molecule has 0 bridgehead atoms. The van der Waals surface area contributed by atoms with Gasteiger partial charge in [-0.05, 0) is 31.2 Å². The van der Waals surface area contributed by atoms with E-state index >= 15 is 0 Å². The Kier molecular flexibility index (Phi) is 5.39. The lowest BCUT2D eigenvalue weighted by Gasteiger charge is -2.35. The number of benzene rings is 1. The number of rotatable bonds is 5. The smallest absolute Gasteiger partial charge is 0.246 e. The first-order valence-electron chi connectivity index (χ1n) is 9.33. The van der Waals surface area contributed by atoms with Crippen LogP contribution in [-0.4, -0.2) is 65.8 Å². The fourth-order valence-corrected chi connectivity index (χ4v) is 4.96. The summed E-state index contributed by atoms with van der Waals surface area (Å²) in [7, 11) is -2.53. The van der Waals surface area contributed by atoms with Crippen LogP contribution in [0.1, 0.15) is 5.82 Å². The molecule has 0 aliphatic carbocycles. The molecular formula is C19H21FN6O3S. The second-order valence-corrected chi connectivity index (χ2v) is 8.67. The van der Waals surface area contributed by atoms with Crippen molar-refractivity contribution in [3.63, 3.8) is 0 Å². The van der Waals surface area contributed by atoms with E-state index in [0.717, 1.165) is 6.07 Å². The Balaban J connectivity index is 1.54. The van der Waals surface area contributed by atoms with Crippen molar-refractivity contribution >= 4 is 15.8 Å². The molecule has 4 rings (SSSR count). The van der Waals surface area contributed by atoms with Gasteiger partial charge in [-0.1, -0.05) is 0 Å². The molecule has 1 aliphatic rings. The average molecular weight is 432 g/mol. The van der Waals surface area contributed by atoms with Crippen molar-refractivity contribution in [1.29, 1.82) is 0 Å². The van der Waals surface area contributed by atoms with E-state index in [0.29, 0.717) is 30.5 Å². The minimum absolute atomic E-state index is 0.120. The summed E-state index contributed by atoms with van der Waals surface area (Å²) in [5, 5.41) is 4.19. The topological polar surface area (TPSA) is 93.5 Å². The molecule has 9 nitrogen and oxygen atoms in total. The van der Waals surface area contributed by atoms with Crippen LogP contribution in [-0.2, 0) is 10.0 Å². The molecule has 11 heteroatoms. The fourth-order valence-electron chi connectivity index (χ4n) is 3.37. The number of hydrogen-bond donors (Lipinski definition) is 0. The molecule has 0 unspecified atom stereocenters. The number of aromatic nitrogens is 4. The number of piperazine rings is 1. The Morgan fingerprint density at radius 3 is 2.47 bits per heavy atom. The largest absolute Gasteiger partial charge is 0.495 e. The maximum absolute atomic E-state index is 13.7. The highest BCUT2D eigenvalue weighted by molar-refractivity contribution is 7.89. The van der Waals surface area contributed by atoms with Crippen LogP contribution in [0.15, 0.2) is 47.6 Å². The maximum atomic E-state index is 13.7. The van der Waals surface area contributed by atoms with Crippen molar-refractivity contribution < 1.29 is 17.5 Å². The van der Waals surface area contributed by atoms with E-state index < -0.39 is 15.8 Å². The third kappa shape index (κ3) is 3.85. The number of ether oxygens (including phenoxy) is 1. The average Bonchev–Trinajstić information content (AvgIpc) is 3.28. The predicted molar refractivity (Wildman–Crippen MR) is 108 cm³/mol. The number of halogens is 1. The summed E-state index contributed by atoms with van der Waals surface area (Å²) in [6.45, 7) is 3.15. The van der Waals surface area contributed by atoms with E-state index in [9.17, 15) is 12.8 Å². The summed E-state index contributed by atoms with van der Waals surface area (Å²) >= 11 is 0. The van der Waals surface area contributed by atoms with Crippen LogP contribution in [0.2, 0.25) is 0 Å². The SMILES string of the molecule is COc1ccc(F)cc1S(=O)(=O)N1CCN(c2cc(-n3cccn3)nc(C)n2)CC1. The van der Waals surface area contributed by atoms with Crippen molar-refractivity contribution in [2.75, 3.05) is 38.2 Å². The quantitative estimate of drug-likeness (QED) is 0.605. The van der Waals surface area contributed by atoms with Crippen molar-refractivity contribution in [2.45, 2.75) is 11.8 Å². The lowest BCUT2D eigenvalue weighted by Crippen LogP contribution is -2.49. The third-order valence-electron chi connectivity index (χ3n) is 4.86. The Labute approximate surface area is 173 Å². The first-order valence-corrected chi connectivity index (χ1v) is 10.8. The summed E-state index contributed by atoms with van der Waals surface area (Å²) in [6, 6.07) is 7.11. The standard InChI is InChI=1S/C19H21FN6O3S/c1-14-22-18(13-19(23-14)26-7-3-6-21-26)24-8-10-25(11-9-24)30(27,28)17-12-15(20)4-5-16(17)29-2/h3-7,12-13H,8-11H2,1-2H3. The van der Waals surface area contributed by atoms with Crippen LogP contribution in [0.3, 0.4) is 0 Å². The zero-order chi connectivity index (χ0) is 21.3. The molecule has 0 atom stereocenters. The molecule has 1 aliphatic heterocycles. The monoisotopic (exact) mass is 432 g/mol. The van der Waals surface area contributed by atoms with Crippen molar-refractivity contribution in [3.8, 4) is 11.6 Å². The summed E-state index contributed by atoms with van der Waals surface area (Å²) in [6.07, 6.45) is 3.46. The van der Waals surface area contributed by atoms with Gasteiger partial charge in [0, 0.05) is 44.6 Å². The van der Waals surface area contributed by atoms with Gasteiger partial charge in [-0.25, -0.2) is 27.5 Å². The Bertz CT molecular complexity index is 1150. The zero-order valence-corrected chi connectivity index (χ0v) is 17.4. The Morgan fingerprint density at radius 1 is 1.07 bits per heavy atom. The summed E-state index contributed by atoms with van der Waals surface area (Å²) < 4.78 is 47.9. The molecule has 1 aromatic carbocycles. The van der Waals surface area contributed by atoms with E-state index in [1.807, 2.05) is 11.0 Å². The second kappa shape index (κ2) is 8.00. The number of nitrogens with zero attached hydrogens (tertiary/aromatic N) is 6. The molecule has 0 spiro atoms. The summed E-state index contributed by atoms with van der Waals surface area (Å²) in [4.78, 5) is 10.7. The lowest BCUT2D eigenvalue weighted by atomic mass is 10.3. The molecule has 2 aromatic heterocycles. The highest BCUT2D eigenvalue weighted by atomic mass is 32.2. The molecule has 3 heterocycles. The molecule has 0 amide bonds. The van der Waals surface area contributed by atoms with Gasteiger partial charge in [0.25, 0.3) is 0 Å². The number of methoxy groups -OCH3 is 1. The fraction of sp³-hybridized carbons (Fsp3) is 0.316. The van der Waals surface area contributed by atoms with E-state index in [-0.39, 0.29) is 23.7 Å². The number of anilines is 1. The molecule has 158 valence electrons. The maximum Gasteiger partial charge on any atom is 0.246 e. The third-order valence-corrected chi connectivity index (χ3v) is 6.78. The van der Waals surface area contributed by atoms with Gasteiger partial charge in [0.15, 0.2) is 5.82 Å². The summed E-state index contributed by atoms with van der Waals surface area (Å²) in [5.41, 5.74) is 0. The van der Waals surface area contributed by atoms with E-state index in [1.165, 1.54) is 23.5 Å². The van der Waals surface area contributed by atoms with Crippen molar-refractivity contribution in [1.82, 2.24) is 24.1 Å². The van der Waals surface area contributed by atoms with E-state index in [1.54, 1.807) is 30.1 Å². The molecule has 0 saturated carbocycles. The van der Waals surface area contributed by atoms with Crippen LogP contribution in [0.5, 0.6) is 5.75 Å². The number of aryl methyl sites for hydroxylation is 1. The normalized spacial score (nSPS) is 15.4. The molecule has 1 fully saturated rings. The van der Waals surface area contributed by atoms with Gasteiger partial charge in [-0.2, -0.15) is 9.40 Å². The van der Waals surface area contributed by atoms with Crippen LogP contribution in [0.4, 0.5) is 10.2 Å². The molecule has 30 heavy (non-hydrogen) atoms. The molecule has 0 radical (unpaired) electrons. The zero-order valence-electron chi connectivity index (χ0n) is 16.6. The molecule has 0 N–H and O–H groups in total. The highest BCUT2D eigenvalue weighted by Gasteiger charge is 2.31. The van der Waals surface area contributed by atoms with Gasteiger partial charge >= 0.3 is 0 Å². The van der Waals surface area contributed by atoms with Crippen molar-refractivity contribution in [3.05, 3.63) is 54.4 Å². The minimum atomic E-state index is -3.89. The van der Waals surface area contributed by atoms with E-state index in [2.05, 4.69) is 15.1 Å². The number of sulfonamides is 1. The van der Waals surface area contributed by atoms with Crippen molar-refractivity contribution in [2.24, 2.45) is 0 Å². The molecular weight excluding hydrogens is 411 g/mol. The molecule has 3 aromatic rings. The van der Waals surface area contributed by atoms with Gasteiger partial charge in [-0.15, -0.1) is 0 Å². The van der Waals surface area contributed by atoms with Gasteiger partial charge in [0.05, 0.1) is 7.11 Å². The van der Waals surface area contributed by atoms with Crippen LogP contribution in [0.25, 0.3) is 5.82 Å². The van der Waals surface area contributed by atoms with Gasteiger partial charge in [0.2, 0.25) is 10.0 Å². The second-order valence-electron chi connectivity index (χ2n) is 6.77. The number of hydrogen-bond acceptors (Lipinski definition) is 7. The highest BCUT2D eigenvalue weighted by Crippen LogP contribution is 2.28. The predicted octanol–water partition coefficient (Wildman–Crippen LogP) is 1.63. The Morgan fingerprint density at radius 2 is 1.80 bits per heavy atom. The van der Waals surface area contributed by atoms with Gasteiger partial charge in [0.1, 0.15) is 28.1 Å². The van der Waals surface area contributed by atoms with Gasteiger partial charge < -0.3 is 9.64 Å². The van der Waals surface area contributed by atoms with E-state index in [4.69, 9.17) is 4.74 Å². The minimum Gasteiger partial charge on any atom is -0.495 e. The summed E-state index contributed by atoms with van der Waals surface area (Å²) in [5.74, 6) is 1.43. The first-order chi connectivity index (χ1) is 14.4.